The second-order valence-electron chi connectivity index (χ2n) is 4.39. The zero-order valence-corrected chi connectivity index (χ0v) is 12.6. The van der Waals surface area contributed by atoms with Gasteiger partial charge >= 0.3 is 0 Å². The summed E-state index contributed by atoms with van der Waals surface area (Å²) in [5, 5.41) is 17.4. The van der Waals surface area contributed by atoms with Crippen LogP contribution in [0.5, 0.6) is 0 Å². The molecule has 0 aliphatic heterocycles. The molecular weight excluding hydrogens is 315 g/mol. The molecule has 21 heavy (non-hydrogen) atoms. The normalized spacial score (nSPS) is 10.6. The van der Waals surface area contributed by atoms with Gasteiger partial charge in [-0.2, -0.15) is 0 Å². The first kappa shape index (κ1) is 15.8. The van der Waals surface area contributed by atoms with Crippen molar-refractivity contribution in [3.63, 3.8) is 0 Å². The Morgan fingerprint density at radius 2 is 2.14 bits per heavy atom. The van der Waals surface area contributed by atoms with Gasteiger partial charge in [-0.15, -0.1) is 5.10 Å². The minimum atomic E-state index is -0.166. The number of hydrogen-bond donors (Lipinski definition) is 1. The predicted molar refractivity (Wildman–Crippen MR) is 79.0 cm³/mol. The third-order valence-electron chi connectivity index (χ3n) is 2.85. The van der Waals surface area contributed by atoms with Crippen LogP contribution in [0, 0.1) is 0 Å². The van der Waals surface area contributed by atoms with Crippen molar-refractivity contribution in [2.24, 2.45) is 0 Å². The Kier molecular flexibility index (Phi) is 5.55. The molecule has 1 heterocycles. The van der Waals surface area contributed by atoms with Crippen LogP contribution >= 0.6 is 23.2 Å². The van der Waals surface area contributed by atoms with E-state index in [-0.39, 0.29) is 25.6 Å². The molecule has 8 heteroatoms. The van der Waals surface area contributed by atoms with Gasteiger partial charge in [-0.25, -0.2) is 4.68 Å². The van der Waals surface area contributed by atoms with Gasteiger partial charge < -0.3 is 10.0 Å². The number of carbonyl (C=O) groups excluding carboxylic acids is 1. The van der Waals surface area contributed by atoms with Gasteiger partial charge in [0.05, 0.1) is 22.8 Å². The summed E-state index contributed by atoms with van der Waals surface area (Å²) < 4.78 is 1.43. The first-order valence-corrected chi connectivity index (χ1v) is 7.02. The Morgan fingerprint density at radius 1 is 1.33 bits per heavy atom. The number of aromatic nitrogens is 3. The highest BCUT2D eigenvalue weighted by Crippen LogP contribution is 2.23. The molecule has 1 N–H and O–H groups in total. The Bertz CT molecular complexity index is 604. The Hall–Kier alpha value is -1.63. The lowest BCUT2D eigenvalue weighted by molar-refractivity contribution is -0.133. The summed E-state index contributed by atoms with van der Waals surface area (Å²) in [6, 6.07) is 5.18. The number of rotatable bonds is 6. The highest BCUT2D eigenvalue weighted by atomic mass is 35.5. The van der Waals surface area contributed by atoms with E-state index >= 15 is 0 Å². The summed E-state index contributed by atoms with van der Waals surface area (Å²) in [7, 11) is 0. The third-order valence-corrected chi connectivity index (χ3v) is 3.59. The summed E-state index contributed by atoms with van der Waals surface area (Å²) in [5.74, 6) is -0.166. The lowest BCUT2D eigenvalue weighted by Crippen LogP contribution is -2.35. The molecule has 0 saturated heterocycles. The fourth-order valence-corrected chi connectivity index (χ4v) is 2.15. The van der Waals surface area contributed by atoms with E-state index in [0.29, 0.717) is 16.6 Å². The molecule has 1 aromatic carbocycles. The Morgan fingerprint density at radius 3 is 2.76 bits per heavy atom. The molecular formula is C13H14Cl2N4O2. The van der Waals surface area contributed by atoms with Crippen molar-refractivity contribution in [3.8, 4) is 0 Å². The van der Waals surface area contributed by atoms with Gasteiger partial charge in [0.1, 0.15) is 6.54 Å². The van der Waals surface area contributed by atoms with E-state index in [4.69, 9.17) is 28.3 Å². The van der Waals surface area contributed by atoms with E-state index in [9.17, 15) is 4.79 Å². The molecule has 1 aromatic heterocycles. The van der Waals surface area contributed by atoms with Crippen LogP contribution in [0.25, 0.3) is 0 Å². The van der Waals surface area contributed by atoms with Gasteiger partial charge in [-0.3, -0.25) is 4.79 Å². The number of aliphatic hydroxyl groups is 1. The summed E-state index contributed by atoms with van der Waals surface area (Å²) in [6.45, 7) is 0.518. The van der Waals surface area contributed by atoms with Gasteiger partial charge in [0.15, 0.2) is 0 Å². The van der Waals surface area contributed by atoms with Gasteiger partial charge in [0.25, 0.3) is 0 Å². The van der Waals surface area contributed by atoms with Crippen molar-refractivity contribution in [2.45, 2.75) is 13.1 Å². The summed E-state index contributed by atoms with van der Waals surface area (Å²) >= 11 is 11.8. The molecule has 0 saturated carbocycles. The smallest absolute Gasteiger partial charge is 0.244 e. The maximum atomic E-state index is 12.2. The number of nitrogens with zero attached hydrogens (tertiary/aromatic N) is 4. The molecule has 0 fully saturated rings. The largest absolute Gasteiger partial charge is 0.395 e. The topological polar surface area (TPSA) is 71.2 Å². The van der Waals surface area contributed by atoms with Crippen LogP contribution in [0.3, 0.4) is 0 Å². The average Bonchev–Trinajstić information content (AvgIpc) is 2.95. The average molecular weight is 329 g/mol. The van der Waals surface area contributed by atoms with Gasteiger partial charge in [-0.05, 0) is 17.7 Å². The summed E-state index contributed by atoms with van der Waals surface area (Å²) in [5.41, 5.74) is 0.838. The van der Waals surface area contributed by atoms with Gasteiger partial charge in [0, 0.05) is 19.3 Å². The Labute approximate surface area is 131 Å². The van der Waals surface area contributed by atoms with Crippen molar-refractivity contribution >= 4 is 29.1 Å². The quantitative estimate of drug-likeness (QED) is 0.874. The monoisotopic (exact) mass is 328 g/mol. The zero-order chi connectivity index (χ0) is 15.2. The van der Waals surface area contributed by atoms with Crippen molar-refractivity contribution in [1.29, 1.82) is 0 Å². The van der Waals surface area contributed by atoms with Gasteiger partial charge in [0.2, 0.25) is 5.91 Å². The lowest BCUT2D eigenvalue weighted by atomic mass is 10.2. The fourth-order valence-electron chi connectivity index (χ4n) is 1.83. The molecule has 2 aromatic rings. The van der Waals surface area contributed by atoms with Crippen molar-refractivity contribution in [2.75, 3.05) is 13.2 Å². The number of amides is 1. The first-order valence-electron chi connectivity index (χ1n) is 6.27. The first-order chi connectivity index (χ1) is 10.1. The van der Waals surface area contributed by atoms with E-state index in [0.717, 1.165) is 5.56 Å². The van der Waals surface area contributed by atoms with E-state index in [1.807, 2.05) is 0 Å². The Balaban J connectivity index is 2.07. The zero-order valence-electron chi connectivity index (χ0n) is 11.1. The van der Waals surface area contributed by atoms with Gasteiger partial charge in [-0.1, -0.05) is 34.5 Å². The van der Waals surface area contributed by atoms with E-state index in [2.05, 4.69) is 10.3 Å². The van der Waals surface area contributed by atoms with Crippen LogP contribution in [0.1, 0.15) is 5.56 Å². The standard InChI is InChI=1S/C13H14Cl2N4O2/c14-11-2-1-10(7-12(11)15)8-18(5-6-20)13(21)9-19-4-3-16-17-19/h1-4,7,20H,5-6,8-9H2. The molecule has 6 nitrogen and oxygen atoms in total. The SMILES string of the molecule is O=C(Cn1ccnn1)N(CCO)Cc1ccc(Cl)c(Cl)c1. The van der Waals surface area contributed by atoms with E-state index in [1.165, 1.54) is 15.8 Å². The van der Waals surface area contributed by atoms with E-state index in [1.54, 1.807) is 24.4 Å². The molecule has 0 bridgehead atoms. The lowest BCUT2D eigenvalue weighted by Gasteiger charge is -2.22. The molecule has 0 atom stereocenters. The minimum absolute atomic E-state index is 0.0708. The highest BCUT2D eigenvalue weighted by molar-refractivity contribution is 6.42. The molecule has 0 spiro atoms. The molecule has 1 amide bonds. The van der Waals surface area contributed by atoms with Crippen LogP contribution in [-0.2, 0) is 17.9 Å². The second-order valence-corrected chi connectivity index (χ2v) is 5.20. The third kappa shape index (κ3) is 4.42. The molecule has 0 unspecified atom stereocenters. The number of hydrogen-bond acceptors (Lipinski definition) is 4. The summed E-state index contributed by atoms with van der Waals surface area (Å²) in [6.07, 6.45) is 3.11. The van der Waals surface area contributed by atoms with E-state index < -0.39 is 0 Å². The minimum Gasteiger partial charge on any atom is -0.395 e. The molecule has 0 aliphatic carbocycles. The van der Waals surface area contributed by atoms with Crippen LogP contribution in [0.2, 0.25) is 10.0 Å². The van der Waals surface area contributed by atoms with Crippen molar-refractivity contribution in [3.05, 3.63) is 46.2 Å². The second kappa shape index (κ2) is 7.40. The maximum absolute atomic E-state index is 12.2. The predicted octanol–water partition coefficient (Wildman–Crippen LogP) is 1.61. The van der Waals surface area contributed by atoms with Crippen LogP contribution < -0.4 is 0 Å². The number of benzene rings is 1. The van der Waals surface area contributed by atoms with Crippen molar-refractivity contribution < 1.29 is 9.90 Å². The maximum Gasteiger partial charge on any atom is 0.244 e. The van der Waals surface area contributed by atoms with Crippen LogP contribution in [0.4, 0.5) is 0 Å². The van der Waals surface area contributed by atoms with Crippen molar-refractivity contribution in [1.82, 2.24) is 19.9 Å². The number of aliphatic hydroxyl groups excluding tert-OH is 1. The highest BCUT2D eigenvalue weighted by Gasteiger charge is 2.15. The molecule has 0 aliphatic rings. The fraction of sp³-hybridized carbons (Fsp3) is 0.308. The molecule has 112 valence electrons. The number of halogens is 2. The number of carbonyl (C=O) groups is 1. The molecule has 2 rings (SSSR count). The molecule has 0 radical (unpaired) electrons. The van der Waals surface area contributed by atoms with Crippen LogP contribution in [0.15, 0.2) is 30.6 Å². The van der Waals surface area contributed by atoms with Crippen LogP contribution in [-0.4, -0.2) is 44.1 Å². The summed E-state index contributed by atoms with van der Waals surface area (Å²) in [4.78, 5) is 13.8.